The van der Waals surface area contributed by atoms with Crippen molar-refractivity contribution in [3.63, 3.8) is 0 Å². The van der Waals surface area contributed by atoms with Crippen LogP contribution in [0.15, 0.2) is 65.5 Å². The Morgan fingerprint density at radius 3 is 2.45 bits per heavy atom. The zero-order chi connectivity index (χ0) is 26.8. The van der Waals surface area contributed by atoms with Crippen LogP contribution in [0.5, 0.6) is 5.75 Å². The first-order valence-electron chi connectivity index (χ1n) is 12.6. The number of alkyl halides is 3. The van der Waals surface area contributed by atoms with Crippen LogP contribution in [0.25, 0.3) is 11.0 Å². The highest BCUT2D eigenvalue weighted by molar-refractivity contribution is 5.83. The molecule has 6 rings (SSSR count). The first-order chi connectivity index (χ1) is 18.2. The molecule has 38 heavy (non-hydrogen) atoms. The second kappa shape index (κ2) is 8.92. The summed E-state index contributed by atoms with van der Waals surface area (Å²) in [5.74, 6) is 0.273. The SMILES string of the molecule is COc1cccc2c1n(Cc1ccccc1C(F)(F)F)c(=O)n2C1CC2CC1CN2c1c(C)cccc1F. The monoisotopic (exact) mass is 525 g/mol. The van der Waals surface area contributed by atoms with Gasteiger partial charge in [0.05, 0.1) is 30.4 Å². The first-order valence-corrected chi connectivity index (χ1v) is 12.6. The van der Waals surface area contributed by atoms with Crippen molar-refractivity contribution in [3.05, 3.63) is 93.7 Å². The van der Waals surface area contributed by atoms with Crippen LogP contribution in [0.3, 0.4) is 0 Å². The predicted molar refractivity (Wildman–Crippen MR) is 137 cm³/mol. The van der Waals surface area contributed by atoms with Gasteiger partial charge in [-0.25, -0.2) is 9.18 Å². The van der Waals surface area contributed by atoms with Gasteiger partial charge < -0.3 is 9.64 Å². The van der Waals surface area contributed by atoms with Gasteiger partial charge in [0.15, 0.2) is 0 Å². The van der Waals surface area contributed by atoms with Gasteiger partial charge in [-0.1, -0.05) is 36.4 Å². The van der Waals surface area contributed by atoms with Crippen LogP contribution in [0.1, 0.15) is 35.6 Å². The number of aromatic nitrogens is 2. The number of piperidine rings is 1. The summed E-state index contributed by atoms with van der Waals surface area (Å²) in [4.78, 5) is 16.1. The lowest BCUT2D eigenvalue weighted by atomic mass is 10.0. The summed E-state index contributed by atoms with van der Waals surface area (Å²) >= 11 is 0. The maximum absolute atomic E-state index is 14.7. The lowest BCUT2D eigenvalue weighted by Crippen LogP contribution is -2.39. The van der Waals surface area contributed by atoms with E-state index in [2.05, 4.69) is 4.90 Å². The lowest BCUT2D eigenvalue weighted by Gasteiger charge is -2.34. The van der Waals surface area contributed by atoms with Crippen molar-refractivity contribution in [2.75, 3.05) is 18.6 Å². The fourth-order valence-electron chi connectivity index (χ4n) is 6.55. The van der Waals surface area contributed by atoms with E-state index in [1.807, 2.05) is 19.1 Å². The third kappa shape index (κ3) is 3.78. The minimum atomic E-state index is -4.54. The van der Waals surface area contributed by atoms with Gasteiger partial charge in [-0.3, -0.25) is 9.13 Å². The highest BCUT2D eigenvalue weighted by atomic mass is 19.4. The number of rotatable bonds is 5. The van der Waals surface area contributed by atoms with Gasteiger partial charge in [-0.05, 0) is 61.1 Å². The maximum atomic E-state index is 14.7. The summed E-state index contributed by atoms with van der Waals surface area (Å²) in [6.45, 7) is 2.27. The van der Waals surface area contributed by atoms with Crippen molar-refractivity contribution in [3.8, 4) is 5.75 Å². The summed E-state index contributed by atoms with van der Waals surface area (Å²) in [5.41, 5.74) is 1.47. The van der Waals surface area contributed by atoms with E-state index in [0.29, 0.717) is 35.4 Å². The molecule has 1 aliphatic carbocycles. The van der Waals surface area contributed by atoms with Crippen molar-refractivity contribution in [1.29, 1.82) is 0 Å². The quantitative estimate of drug-likeness (QED) is 0.293. The smallest absolute Gasteiger partial charge is 0.416 e. The number of nitrogens with zero attached hydrogens (tertiary/aromatic N) is 3. The molecule has 0 radical (unpaired) electrons. The molecule has 2 heterocycles. The van der Waals surface area contributed by atoms with Crippen LogP contribution in [0.2, 0.25) is 0 Å². The molecule has 1 saturated heterocycles. The van der Waals surface area contributed by atoms with E-state index in [9.17, 15) is 22.4 Å². The van der Waals surface area contributed by atoms with E-state index < -0.39 is 11.7 Å². The molecule has 3 unspecified atom stereocenters. The van der Waals surface area contributed by atoms with Gasteiger partial charge in [0.1, 0.15) is 17.1 Å². The third-order valence-electron chi connectivity index (χ3n) is 8.13. The van der Waals surface area contributed by atoms with E-state index in [1.54, 1.807) is 28.8 Å². The molecule has 0 amide bonds. The fourth-order valence-corrected chi connectivity index (χ4v) is 6.55. The Morgan fingerprint density at radius 2 is 1.76 bits per heavy atom. The Labute approximate surface area is 216 Å². The average molecular weight is 526 g/mol. The number of para-hydroxylation sites is 2. The molecule has 0 N–H and O–H groups in total. The molecular weight excluding hydrogens is 498 g/mol. The molecule has 2 bridgehead atoms. The molecule has 3 aromatic carbocycles. The zero-order valence-electron chi connectivity index (χ0n) is 21.0. The number of hydrogen-bond donors (Lipinski definition) is 0. The largest absolute Gasteiger partial charge is 0.494 e. The molecule has 3 atom stereocenters. The molecule has 4 aromatic rings. The number of imidazole rings is 1. The molecule has 1 aliphatic heterocycles. The van der Waals surface area contributed by atoms with Crippen LogP contribution < -0.4 is 15.3 Å². The Bertz CT molecular complexity index is 1570. The molecule has 198 valence electrons. The van der Waals surface area contributed by atoms with E-state index >= 15 is 0 Å². The van der Waals surface area contributed by atoms with Crippen molar-refractivity contribution in [2.24, 2.45) is 5.92 Å². The number of anilines is 1. The maximum Gasteiger partial charge on any atom is 0.416 e. The highest BCUT2D eigenvalue weighted by Gasteiger charge is 2.47. The van der Waals surface area contributed by atoms with Crippen LogP contribution in [-0.2, 0) is 12.7 Å². The Hall–Kier alpha value is -3.75. The van der Waals surface area contributed by atoms with Gasteiger partial charge >= 0.3 is 11.9 Å². The summed E-state index contributed by atoms with van der Waals surface area (Å²) in [6, 6.07) is 15.6. The number of aryl methyl sites for hydroxylation is 1. The minimum Gasteiger partial charge on any atom is -0.494 e. The van der Waals surface area contributed by atoms with Crippen LogP contribution in [0.4, 0.5) is 23.2 Å². The number of fused-ring (bicyclic) bond motifs is 3. The Balaban J connectivity index is 1.43. The van der Waals surface area contributed by atoms with Crippen molar-refractivity contribution in [2.45, 2.75) is 44.6 Å². The third-order valence-corrected chi connectivity index (χ3v) is 8.13. The van der Waals surface area contributed by atoms with Crippen molar-refractivity contribution >= 4 is 16.7 Å². The number of methoxy groups -OCH3 is 1. The first kappa shape index (κ1) is 24.6. The van der Waals surface area contributed by atoms with Gasteiger partial charge in [0.25, 0.3) is 0 Å². The van der Waals surface area contributed by atoms with Gasteiger partial charge in [-0.2, -0.15) is 13.2 Å². The van der Waals surface area contributed by atoms with Gasteiger partial charge in [-0.15, -0.1) is 0 Å². The second-order valence-electron chi connectivity index (χ2n) is 10.2. The standard InChI is InChI=1S/C29H27F4N3O2/c1-17-7-5-10-22(30)26(17)34-16-19-13-20(34)14-24(19)36-23-11-6-12-25(38-2)27(23)35(28(36)37)15-18-8-3-4-9-21(18)29(31,32)33/h3-12,19-20,24H,13-16H2,1-2H3. The molecule has 5 nitrogen and oxygen atoms in total. The average Bonchev–Trinajstić information content (AvgIpc) is 3.55. The van der Waals surface area contributed by atoms with Gasteiger partial charge in [0.2, 0.25) is 0 Å². The van der Waals surface area contributed by atoms with Crippen LogP contribution in [-0.4, -0.2) is 28.8 Å². The highest BCUT2D eigenvalue weighted by Crippen LogP contribution is 2.48. The lowest BCUT2D eigenvalue weighted by molar-refractivity contribution is -0.138. The molecule has 2 fully saturated rings. The van der Waals surface area contributed by atoms with E-state index in [4.69, 9.17) is 4.74 Å². The van der Waals surface area contributed by atoms with Crippen molar-refractivity contribution in [1.82, 2.24) is 9.13 Å². The fraction of sp³-hybridized carbons (Fsp3) is 0.345. The summed E-state index contributed by atoms with van der Waals surface area (Å²) in [5, 5.41) is 0. The predicted octanol–water partition coefficient (Wildman–Crippen LogP) is 6.17. The van der Waals surface area contributed by atoms with E-state index in [0.717, 1.165) is 18.1 Å². The molecule has 1 saturated carbocycles. The summed E-state index contributed by atoms with van der Waals surface area (Å²) < 4.78 is 64.7. The Morgan fingerprint density at radius 1 is 1.00 bits per heavy atom. The summed E-state index contributed by atoms with van der Waals surface area (Å²) in [7, 11) is 1.48. The number of ether oxygens (including phenoxy) is 1. The molecule has 9 heteroatoms. The van der Waals surface area contributed by atoms with Gasteiger partial charge in [0, 0.05) is 18.6 Å². The van der Waals surface area contributed by atoms with Crippen LogP contribution >= 0.6 is 0 Å². The minimum absolute atomic E-state index is 0.0150. The molecule has 2 aliphatic rings. The topological polar surface area (TPSA) is 39.4 Å². The van der Waals surface area contributed by atoms with Crippen LogP contribution in [0, 0.1) is 18.7 Å². The van der Waals surface area contributed by atoms with E-state index in [1.165, 1.54) is 29.9 Å². The van der Waals surface area contributed by atoms with E-state index in [-0.39, 0.29) is 41.6 Å². The normalized spacial score (nSPS) is 21.0. The molecular formula is C29H27F4N3O2. The molecule has 0 spiro atoms. The number of benzene rings is 3. The number of hydrogen-bond acceptors (Lipinski definition) is 3. The number of halogens is 4. The summed E-state index contributed by atoms with van der Waals surface area (Å²) in [6.07, 6.45) is -3.08. The molecule has 1 aromatic heterocycles. The Kier molecular flexibility index (Phi) is 5.77. The second-order valence-corrected chi connectivity index (χ2v) is 10.2. The zero-order valence-corrected chi connectivity index (χ0v) is 21.0. The van der Waals surface area contributed by atoms with Crippen molar-refractivity contribution < 1.29 is 22.3 Å².